The highest BCUT2D eigenvalue weighted by molar-refractivity contribution is 7.98. The second-order valence-corrected chi connectivity index (χ2v) is 7.32. The second-order valence-electron chi connectivity index (χ2n) is 6.53. The van der Waals surface area contributed by atoms with Crippen LogP contribution in [-0.2, 0) is 14.3 Å². The average molecular weight is 348 g/mol. The number of carbonyl (C=O) groups excluding carboxylic acids is 2. The standard InChI is InChI=1S/C17H20N2O4S/c1-17(2,3)23-14(20)9-22-16(21)11-7-13(10-5-6-10)19-15(24-4)12(11)8-18/h7,10H,5-6,9H2,1-4H3. The highest BCUT2D eigenvalue weighted by atomic mass is 32.2. The van der Waals surface area contributed by atoms with Crippen molar-refractivity contribution in [3.8, 4) is 6.07 Å². The Labute approximate surface area is 145 Å². The lowest BCUT2D eigenvalue weighted by Gasteiger charge is -2.19. The molecule has 1 saturated carbocycles. The largest absolute Gasteiger partial charge is 0.457 e. The lowest BCUT2D eigenvalue weighted by molar-refractivity contribution is -0.158. The van der Waals surface area contributed by atoms with E-state index in [4.69, 9.17) is 9.47 Å². The lowest BCUT2D eigenvalue weighted by Crippen LogP contribution is -2.27. The van der Waals surface area contributed by atoms with Crippen molar-refractivity contribution in [1.29, 1.82) is 5.26 Å². The number of carbonyl (C=O) groups is 2. The number of nitriles is 1. The van der Waals surface area contributed by atoms with Crippen LogP contribution in [0.15, 0.2) is 11.1 Å². The van der Waals surface area contributed by atoms with Gasteiger partial charge in [-0.3, -0.25) is 0 Å². The molecule has 0 unspecified atom stereocenters. The summed E-state index contributed by atoms with van der Waals surface area (Å²) in [6.45, 7) is 4.71. The van der Waals surface area contributed by atoms with Gasteiger partial charge >= 0.3 is 11.9 Å². The topological polar surface area (TPSA) is 89.3 Å². The Hall–Kier alpha value is -2.07. The van der Waals surface area contributed by atoms with E-state index >= 15 is 0 Å². The maximum Gasteiger partial charge on any atom is 0.344 e. The summed E-state index contributed by atoms with van der Waals surface area (Å²) in [5.41, 5.74) is 0.481. The van der Waals surface area contributed by atoms with Crippen LogP contribution in [0, 0.1) is 11.3 Å². The highest BCUT2D eigenvalue weighted by Crippen LogP contribution is 2.40. The maximum atomic E-state index is 12.3. The van der Waals surface area contributed by atoms with Gasteiger partial charge in [-0.25, -0.2) is 14.6 Å². The van der Waals surface area contributed by atoms with Crippen molar-refractivity contribution in [3.05, 3.63) is 22.9 Å². The molecule has 1 heterocycles. The van der Waals surface area contributed by atoms with Crippen LogP contribution in [0.25, 0.3) is 0 Å². The zero-order valence-corrected chi connectivity index (χ0v) is 15.0. The third-order valence-corrected chi connectivity index (χ3v) is 3.95. The molecule has 1 fully saturated rings. The van der Waals surface area contributed by atoms with E-state index in [1.807, 2.05) is 6.07 Å². The molecule has 6 nitrogen and oxygen atoms in total. The van der Waals surface area contributed by atoms with E-state index < -0.39 is 24.1 Å². The number of pyridine rings is 1. The summed E-state index contributed by atoms with van der Waals surface area (Å²) in [5.74, 6) is -1.01. The van der Waals surface area contributed by atoms with Crippen molar-refractivity contribution in [3.63, 3.8) is 0 Å². The van der Waals surface area contributed by atoms with Gasteiger partial charge in [-0.2, -0.15) is 5.26 Å². The number of hydrogen-bond donors (Lipinski definition) is 0. The number of esters is 2. The van der Waals surface area contributed by atoms with E-state index in [1.54, 1.807) is 33.1 Å². The number of aromatic nitrogens is 1. The van der Waals surface area contributed by atoms with Gasteiger partial charge in [0.2, 0.25) is 0 Å². The first-order chi connectivity index (χ1) is 11.2. The minimum absolute atomic E-state index is 0.155. The van der Waals surface area contributed by atoms with Crippen molar-refractivity contribution < 1.29 is 19.1 Å². The van der Waals surface area contributed by atoms with Gasteiger partial charge in [0.25, 0.3) is 0 Å². The summed E-state index contributed by atoms with van der Waals surface area (Å²) in [7, 11) is 0. The normalized spacial score (nSPS) is 14.0. The van der Waals surface area contributed by atoms with Crippen LogP contribution >= 0.6 is 11.8 Å². The molecular weight excluding hydrogens is 328 g/mol. The van der Waals surface area contributed by atoms with E-state index in [0.29, 0.717) is 10.9 Å². The molecule has 1 aromatic rings. The molecule has 1 aromatic heterocycles. The second kappa shape index (κ2) is 7.22. The molecule has 0 aliphatic heterocycles. The Morgan fingerprint density at radius 1 is 1.42 bits per heavy atom. The number of rotatable bonds is 5. The first-order valence-electron chi connectivity index (χ1n) is 7.63. The Morgan fingerprint density at radius 3 is 2.58 bits per heavy atom. The highest BCUT2D eigenvalue weighted by Gasteiger charge is 2.29. The van der Waals surface area contributed by atoms with Crippen LogP contribution in [0.2, 0.25) is 0 Å². The molecule has 0 atom stereocenters. The van der Waals surface area contributed by atoms with Gasteiger partial charge in [0.1, 0.15) is 16.7 Å². The maximum absolute atomic E-state index is 12.3. The van der Waals surface area contributed by atoms with Crippen LogP contribution in [0.1, 0.15) is 61.1 Å². The SMILES string of the molecule is CSc1nc(C2CC2)cc(C(=O)OCC(=O)OC(C)(C)C)c1C#N. The van der Waals surface area contributed by atoms with Crippen molar-refractivity contribution >= 4 is 23.7 Å². The van der Waals surface area contributed by atoms with Crippen molar-refractivity contribution in [2.45, 2.75) is 50.2 Å². The van der Waals surface area contributed by atoms with E-state index in [1.165, 1.54) is 11.8 Å². The molecule has 0 spiro atoms. The van der Waals surface area contributed by atoms with E-state index in [-0.39, 0.29) is 11.1 Å². The molecule has 24 heavy (non-hydrogen) atoms. The van der Waals surface area contributed by atoms with Crippen LogP contribution in [0.4, 0.5) is 0 Å². The molecule has 7 heteroatoms. The number of hydrogen-bond acceptors (Lipinski definition) is 7. The van der Waals surface area contributed by atoms with Gasteiger partial charge in [0.15, 0.2) is 6.61 Å². The Bertz CT molecular complexity index is 700. The smallest absolute Gasteiger partial charge is 0.344 e. The zero-order chi connectivity index (χ0) is 17.9. The summed E-state index contributed by atoms with van der Waals surface area (Å²) in [6, 6.07) is 3.61. The molecule has 0 amide bonds. The van der Waals surface area contributed by atoms with Gasteiger partial charge in [0, 0.05) is 11.6 Å². The molecule has 0 radical (unpaired) electrons. The molecule has 128 valence electrons. The van der Waals surface area contributed by atoms with Crippen LogP contribution < -0.4 is 0 Å². The van der Waals surface area contributed by atoms with Gasteiger partial charge in [0.05, 0.1) is 11.1 Å². The van der Waals surface area contributed by atoms with Crippen molar-refractivity contribution in [2.24, 2.45) is 0 Å². The van der Waals surface area contributed by atoms with Crippen molar-refractivity contribution in [2.75, 3.05) is 12.9 Å². The fourth-order valence-electron chi connectivity index (χ4n) is 2.12. The van der Waals surface area contributed by atoms with Gasteiger partial charge < -0.3 is 9.47 Å². The fourth-order valence-corrected chi connectivity index (χ4v) is 2.68. The predicted octanol–water partition coefficient (Wildman–Crippen LogP) is 3.05. The average Bonchev–Trinajstić information content (AvgIpc) is 3.34. The Kier molecular flexibility index (Phi) is 5.50. The molecule has 2 rings (SSSR count). The number of thioether (sulfide) groups is 1. The first kappa shape index (κ1) is 18.3. The monoisotopic (exact) mass is 348 g/mol. The molecular formula is C17H20N2O4S. The van der Waals surface area contributed by atoms with Crippen LogP contribution in [0.3, 0.4) is 0 Å². The summed E-state index contributed by atoms with van der Waals surface area (Å²) < 4.78 is 10.1. The van der Waals surface area contributed by atoms with Gasteiger partial charge in [-0.05, 0) is 45.9 Å². The summed E-state index contributed by atoms with van der Waals surface area (Å²) >= 11 is 1.31. The first-order valence-corrected chi connectivity index (χ1v) is 8.85. The van der Waals surface area contributed by atoms with Crippen LogP contribution in [0.5, 0.6) is 0 Å². The van der Waals surface area contributed by atoms with Crippen LogP contribution in [-0.4, -0.2) is 35.4 Å². The summed E-state index contributed by atoms with van der Waals surface area (Å²) in [6.07, 6.45) is 3.86. The molecule has 1 aliphatic carbocycles. The predicted molar refractivity (Wildman–Crippen MR) is 88.8 cm³/mol. The molecule has 1 aliphatic rings. The van der Waals surface area contributed by atoms with Crippen molar-refractivity contribution in [1.82, 2.24) is 4.98 Å². The lowest BCUT2D eigenvalue weighted by atomic mass is 10.1. The fraction of sp³-hybridized carbons (Fsp3) is 0.529. The van der Waals surface area contributed by atoms with Gasteiger partial charge in [-0.15, -0.1) is 11.8 Å². The van der Waals surface area contributed by atoms with E-state index in [0.717, 1.165) is 18.5 Å². The molecule has 0 bridgehead atoms. The minimum atomic E-state index is -0.711. The Morgan fingerprint density at radius 2 is 2.08 bits per heavy atom. The summed E-state index contributed by atoms with van der Waals surface area (Å²) in [5, 5.41) is 9.86. The van der Waals surface area contributed by atoms with E-state index in [9.17, 15) is 14.9 Å². The van der Waals surface area contributed by atoms with E-state index in [2.05, 4.69) is 4.98 Å². The molecule has 0 N–H and O–H groups in total. The number of ether oxygens (including phenoxy) is 2. The third kappa shape index (κ3) is 4.71. The van der Waals surface area contributed by atoms with Gasteiger partial charge in [-0.1, -0.05) is 0 Å². The quantitative estimate of drug-likeness (QED) is 0.597. The zero-order valence-electron chi connectivity index (χ0n) is 14.2. The number of nitrogens with zero attached hydrogens (tertiary/aromatic N) is 2. The summed E-state index contributed by atoms with van der Waals surface area (Å²) in [4.78, 5) is 28.5. The third-order valence-electron chi connectivity index (χ3n) is 3.27. The Balaban J connectivity index is 2.17. The molecule has 0 saturated heterocycles. The minimum Gasteiger partial charge on any atom is -0.457 e. The molecule has 0 aromatic carbocycles.